The van der Waals surface area contributed by atoms with Gasteiger partial charge in [-0.3, -0.25) is 0 Å². The van der Waals surface area contributed by atoms with Crippen molar-refractivity contribution in [3.05, 3.63) is 35.5 Å². The zero-order valence-corrected chi connectivity index (χ0v) is 7.16. The van der Waals surface area contributed by atoms with E-state index in [0.29, 0.717) is 0 Å². The molecular weight excluding hydrogens is 148 g/mol. The molecule has 0 spiro atoms. The highest BCUT2D eigenvalue weighted by atomic mass is 16.3. The maximum Gasteiger partial charge on any atom is 0.0583 e. The molecule has 1 unspecified atom stereocenters. The van der Waals surface area contributed by atoms with Gasteiger partial charge in [0.2, 0.25) is 0 Å². The van der Waals surface area contributed by atoms with Crippen LogP contribution in [-0.4, -0.2) is 11.2 Å². The van der Waals surface area contributed by atoms with Crippen molar-refractivity contribution < 1.29 is 5.11 Å². The van der Waals surface area contributed by atoms with E-state index in [4.69, 9.17) is 0 Å². The van der Waals surface area contributed by atoms with Gasteiger partial charge in [0.05, 0.1) is 6.10 Å². The Morgan fingerprint density at radius 2 is 2.25 bits per heavy atom. The number of aliphatic hydroxyl groups is 1. The quantitative estimate of drug-likeness (QED) is 0.579. The average molecular weight is 162 g/mol. The van der Waals surface area contributed by atoms with Crippen molar-refractivity contribution in [2.24, 2.45) is 0 Å². The zero-order valence-electron chi connectivity index (χ0n) is 7.16. The van der Waals surface area contributed by atoms with E-state index in [1.807, 2.05) is 0 Å². The number of allylic oxidation sites excluding steroid dienone is 5. The molecule has 0 radical (unpaired) electrons. The summed E-state index contributed by atoms with van der Waals surface area (Å²) >= 11 is 0. The molecule has 0 saturated heterocycles. The van der Waals surface area contributed by atoms with E-state index in [2.05, 4.69) is 24.3 Å². The van der Waals surface area contributed by atoms with Crippen molar-refractivity contribution in [2.75, 3.05) is 0 Å². The zero-order chi connectivity index (χ0) is 8.39. The molecule has 0 bridgehead atoms. The molecule has 2 rings (SSSR count). The van der Waals surface area contributed by atoms with E-state index in [1.165, 1.54) is 11.1 Å². The average Bonchev–Trinajstić information content (AvgIpc) is 2.28. The highest BCUT2D eigenvalue weighted by Gasteiger charge is 2.16. The molecule has 0 aromatic rings. The van der Waals surface area contributed by atoms with Gasteiger partial charge >= 0.3 is 0 Å². The molecule has 1 atom stereocenters. The predicted molar refractivity (Wildman–Crippen MR) is 49.8 cm³/mol. The Kier molecular flexibility index (Phi) is 2.13. The molecule has 0 amide bonds. The second-order valence-corrected chi connectivity index (χ2v) is 3.52. The van der Waals surface area contributed by atoms with E-state index in [0.717, 1.165) is 25.7 Å². The number of hydrogen-bond acceptors (Lipinski definition) is 1. The minimum absolute atomic E-state index is 0.105. The van der Waals surface area contributed by atoms with Crippen LogP contribution < -0.4 is 0 Å². The van der Waals surface area contributed by atoms with Crippen LogP contribution in [0.2, 0.25) is 0 Å². The number of hydrogen-bond donors (Lipinski definition) is 1. The van der Waals surface area contributed by atoms with Gasteiger partial charge in [0.1, 0.15) is 0 Å². The minimum Gasteiger partial charge on any atom is -0.393 e. The van der Waals surface area contributed by atoms with E-state index >= 15 is 0 Å². The van der Waals surface area contributed by atoms with Gasteiger partial charge in [-0.2, -0.15) is 0 Å². The standard InChI is InChI=1S/C11H14O/c12-11-7-6-9-4-2-1-3-5-10(9)8-11/h1-3,5,11-12H,4,6-8H2. The molecule has 0 aromatic heterocycles. The molecule has 0 fully saturated rings. The van der Waals surface area contributed by atoms with E-state index < -0.39 is 0 Å². The Balaban J connectivity index is 2.23. The smallest absolute Gasteiger partial charge is 0.0583 e. The molecule has 64 valence electrons. The lowest BCUT2D eigenvalue weighted by atomic mass is 9.88. The third-order valence-corrected chi connectivity index (χ3v) is 2.60. The van der Waals surface area contributed by atoms with Crippen LogP contribution in [0, 0.1) is 0 Å². The van der Waals surface area contributed by atoms with Gasteiger partial charge in [-0.1, -0.05) is 29.9 Å². The first-order chi connectivity index (χ1) is 5.86. The first kappa shape index (κ1) is 7.81. The third kappa shape index (κ3) is 1.51. The van der Waals surface area contributed by atoms with E-state index in [9.17, 15) is 5.11 Å². The van der Waals surface area contributed by atoms with Crippen molar-refractivity contribution in [1.29, 1.82) is 0 Å². The van der Waals surface area contributed by atoms with Crippen molar-refractivity contribution in [3.63, 3.8) is 0 Å². The lowest BCUT2D eigenvalue weighted by Crippen LogP contribution is -2.13. The summed E-state index contributed by atoms with van der Waals surface area (Å²) < 4.78 is 0. The normalized spacial score (nSPS) is 28.6. The highest BCUT2D eigenvalue weighted by Crippen LogP contribution is 2.29. The van der Waals surface area contributed by atoms with E-state index in [1.54, 1.807) is 0 Å². The minimum atomic E-state index is -0.105. The van der Waals surface area contributed by atoms with Gasteiger partial charge in [-0.15, -0.1) is 0 Å². The van der Waals surface area contributed by atoms with Gasteiger partial charge in [0, 0.05) is 0 Å². The third-order valence-electron chi connectivity index (χ3n) is 2.60. The van der Waals surface area contributed by atoms with Crippen molar-refractivity contribution in [1.82, 2.24) is 0 Å². The number of rotatable bonds is 0. The number of aliphatic hydroxyl groups excluding tert-OH is 1. The van der Waals surface area contributed by atoms with Crippen LogP contribution in [0.1, 0.15) is 25.7 Å². The molecule has 2 aliphatic rings. The summed E-state index contributed by atoms with van der Waals surface area (Å²) in [6.07, 6.45) is 12.3. The largest absolute Gasteiger partial charge is 0.393 e. The lowest BCUT2D eigenvalue weighted by molar-refractivity contribution is 0.159. The summed E-state index contributed by atoms with van der Waals surface area (Å²) in [6.45, 7) is 0. The first-order valence-electron chi connectivity index (χ1n) is 4.58. The fourth-order valence-electron chi connectivity index (χ4n) is 1.88. The maximum atomic E-state index is 9.45. The van der Waals surface area contributed by atoms with Crippen molar-refractivity contribution >= 4 is 0 Å². The summed E-state index contributed by atoms with van der Waals surface area (Å²) in [7, 11) is 0. The van der Waals surface area contributed by atoms with Crippen LogP contribution in [0.15, 0.2) is 35.5 Å². The van der Waals surface area contributed by atoms with Gasteiger partial charge in [-0.25, -0.2) is 0 Å². The van der Waals surface area contributed by atoms with Gasteiger partial charge < -0.3 is 5.11 Å². The molecular formula is C11H14O. The Morgan fingerprint density at radius 3 is 3.17 bits per heavy atom. The van der Waals surface area contributed by atoms with Crippen LogP contribution in [0.25, 0.3) is 0 Å². The molecule has 0 aromatic carbocycles. The summed E-state index contributed by atoms with van der Waals surface area (Å²) in [5.74, 6) is 0. The SMILES string of the molecule is OC1CCC2=C(C=CC=CC2)C1. The van der Waals surface area contributed by atoms with Crippen molar-refractivity contribution in [2.45, 2.75) is 31.8 Å². The van der Waals surface area contributed by atoms with Crippen LogP contribution in [0.4, 0.5) is 0 Å². The Labute approximate surface area is 73.1 Å². The summed E-state index contributed by atoms with van der Waals surface area (Å²) in [4.78, 5) is 0. The monoisotopic (exact) mass is 162 g/mol. The highest BCUT2D eigenvalue weighted by molar-refractivity contribution is 5.34. The van der Waals surface area contributed by atoms with Gasteiger partial charge in [0.25, 0.3) is 0 Å². The molecule has 2 aliphatic carbocycles. The fraction of sp³-hybridized carbons (Fsp3) is 0.455. The molecule has 12 heavy (non-hydrogen) atoms. The summed E-state index contributed by atoms with van der Waals surface area (Å²) in [6, 6.07) is 0. The first-order valence-corrected chi connectivity index (χ1v) is 4.58. The summed E-state index contributed by atoms with van der Waals surface area (Å²) in [5, 5.41) is 9.45. The second kappa shape index (κ2) is 3.28. The van der Waals surface area contributed by atoms with Crippen LogP contribution in [0.3, 0.4) is 0 Å². The Bertz CT molecular complexity index is 258. The van der Waals surface area contributed by atoms with Crippen molar-refractivity contribution in [3.8, 4) is 0 Å². The topological polar surface area (TPSA) is 20.2 Å². The molecule has 0 aliphatic heterocycles. The molecule has 1 heteroatoms. The maximum absolute atomic E-state index is 9.45. The Morgan fingerprint density at radius 1 is 1.33 bits per heavy atom. The predicted octanol–water partition coefficient (Wildman–Crippen LogP) is 2.34. The van der Waals surface area contributed by atoms with Crippen LogP contribution in [-0.2, 0) is 0 Å². The Hall–Kier alpha value is -0.820. The van der Waals surface area contributed by atoms with Gasteiger partial charge in [0.15, 0.2) is 0 Å². The fourth-order valence-corrected chi connectivity index (χ4v) is 1.88. The molecule has 0 heterocycles. The summed E-state index contributed by atoms with van der Waals surface area (Å²) in [5.41, 5.74) is 2.88. The molecule has 0 saturated carbocycles. The molecule has 1 N–H and O–H groups in total. The van der Waals surface area contributed by atoms with Crippen LogP contribution >= 0.6 is 0 Å². The second-order valence-electron chi connectivity index (χ2n) is 3.52. The van der Waals surface area contributed by atoms with Crippen LogP contribution in [0.5, 0.6) is 0 Å². The lowest BCUT2D eigenvalue weighted by Gasteiger charge is -2.21. The van der Waals surface area contributed by atoms with Gasteiger partial charge in [-0.05, 0) is 31.3 Å². The molecule has 1 nitrogen and oxygen atoms in total. The van der Waals surface area contributed by atoms with E-state index in [-0.39, 0.29) is 6.10 Å².